The molecule has 112 valence electrons. The van der Waals surface area contributed by atoms with E-state index in [2.05, 4.69) is 5.32 Å². The van der Waals surface area contributed by atoms with Gasteiger partial charge in [-0.05, 0) is 30.7 Å². The van der Waals surface area contributed by atoms with Gasteiger partial charge in [0.25, 0.3) is 0 Å². The number of rotatable bonds is 5. The van der Waals surface area contributed by atoms with Gasteiger partial charge < -0.3 is 15.2 Å². The van der Waals surface area contributed by atoms with Gasteiger partial charge in [-0.2, -0.15) is 0 Å². The lowest BCUT2D eigenvalue weighted by molar-refractivity contribution is 0.224. The minimum atomic E-state index is -0.756. The predicted molar refractivity (Wildman–Crippen MR) is 87.5 cm³/mol. The molecule has 2 rings (SSSR count). The Kier molecular flexibility index (Phi) is 4.99. The van der Waals surface area contributed by atoms with Crippen molar-refractivity contribution >= 4 is 28.9 Å². The minimum Gasteiger partial charge on any atom is -0.497 e. The van der Waals surface area contributed by atoms with Crippen LogP contribution in [0, 0.1) is 0 Å². The SMILES string of the molecule is COc1cccc(NC(C)(CO)c2cccc(Cl)c2Cl)c1. The number of benzene rings is 2. The highest BCUT2D eigenvalue weighted by molar-refractivity contribution is 6.42. The molecule has 0 amide bonds. The van der Waals surface area contributed by atoms with Gasteiger partial charge in [-0.3, -0.25) is 0 Å². The van der Waals surface area contributed by atoms with E-state index in [-0.39, 0.29) is 6.61 Å². The Morgan fingerprint density at radius 3 is 2.57 bits per heavy atom. The second-order valence-electron chi connectivity index (χ2n) is 4.95. The lowest BCUT2D eigenvalue weighted by atomic mass is 9.92. The van der Waals surface area contributed by atoms with Crippen LogP contribution in [0.5, 0.6) is 5.75 Å². The molecule has 0 spiro atoms. The Hall–Kier alpha value is -1.42. The van der Waals surface area contributed by atoms with E-state index in [1.54, 1.807) is 13.2 Å². The van der Waals surface area contributed by atoms with Crippen molar-refractivity contribution in [3.8, 4) is 5.75 Å². The van der Waals surface area contributed by atoms with Crippen molar-refractivity contribution in [1.82, 2.24) is 0 Å². The first-order valence-electron chi connectivity index (χ1n) is 6.48. The van der Waals surface area contributed by atoms with Gasteiger partial charge in [0.05, 0.1) is 29.3 Å². The summed E-state index contributed by atoms with van der Waals surface area (Å²) in [6, 6.07) is 12.9. The molecule has 0 radical (unpaired) electrons. The van der Waals surface area contributed by atoms with E-state index in [0.29, 0.717) is 10.0 Å². The molecule has 2 N–H and O–H groups in total. The van der Waals surface area contributed by atoms with Crippen LogP contribution in [-0.2, 0) is 5.54 Å². The first kappa shape index (κ1) is 16.0. The molecule has 2 aromatic carbocycles. The lowest BCUT2D eigenvalue weighted by Crippen LogP contribution is -2.36. The molecule has 5 heteroatoms. The third kappa shape index (κ3) is 3.43. The standard InChI is InChI=1S/C16H17Cl2NO2/c1-16(10-20,13-7-4-8-14(17)15(13)18)19-11-5-3-6-12(9-11)21-2/h3-9,19-20H,10H2,1-2H3. The Bertz CT molecular complexity index is 633. The summed E-state index contributed by atoms with van der Waals surface area (Å²) in [6.45, 7) is 1.73. The molecule has 0 aliphatic heterocycles. The molecule has 0 aromatic heterocycles. The molecule has 0 saturated carbocycles. The zero-order chi connectivity index (χ0) is 15.5. The van der Waals surface area contributed by atoms with Crippen LogP contribution >= 0.6 is 23.2 Å². The molecule has 0 aliphatic rings. The average molecular weight is 326 g/mol. The van der Waals surface area contributed by atoms with Crippen LogP contribution in [0.4, 0.5) is 5.69 Å². The fourth-order valence-corrected chi connectivity index (χ4v) is 2.65. The summed E-state index contributed by atoms with van der Waals surface area (Å²) in [6.07, 6.45) is 0. The van der Waals surface area contributed by atoms with Gasteiger partial charge in [-0.25, -0.2) is 0 Å². The summed E-state index contributed by atoms with van der Waals surface area (Å²) in [7, 11) is 1.61. The van der Waals surface area contributed by atoms with Gasteiger partial charge in [0.1, 0.15) is 5.75 Å². The highest BCUT2D eigenvalue weighted by atomic mass is 35.5. The van der Waals surface area contributed by atoms with Crippen LogP contribution in [-0.4, -0.2) is 18.8 Å². The van der Waals surface area contributed by atoms with Gasteiger partial charge in [0, 0.05) is 11.8 Å². The number of ether oxygens (including phenoxy) is 1. The predicted octanol–water partition coefficient (Wildman–Crippen LogP) is 4.32. The van der Waals surface area contributed by atoms with Crippen LogP contribution in [0.15, 0.2) is 42.5 Å². The summed E-state index contributed by atoms with van der Waals surface area (Å²) in [5.41, 5.74) is 0.804. The van der Waals surface area contributed by atoms with Crippen molar-refractivity contribution in [3.05, 3.63) is 58.1 Å². The maximum atomic E-state index is 9.85. The van der Waals surface area contributed by atoms with E-state index < -0.39 is 5.54 Å². The highest BCUT2D eigenvalue weighted by Crippen LogP contribution is 2.35. The van der Waals surface area contributed by atoms with Gasteiger partial charge in [-0.1, -0.05) is 41.4 Å². The molecule has 0 heterocycles. The van der Waals surface area contributed by atoms with Crippen molar-refractivity contribution in [2.45, 2.75) is 12.5 Å². The molecule has 0 bridgehead atoms. The van der Waals surface area contributed by atoms with Gasteiger partial charge in [0.15, 0.2) is 0 Å². The Morgan fingerprint density at radius 2 is 1.90 bits per heavy atom. The number of hydrogen-bond acceptors (Lipinski definition) is 3. The number of aliphatic hydroxyl groups excluding tert-OH is 1. The number of hydrogen-bond donors (Lipinski definition) is 2. The maximum absolute atomic E-state index is 9.85. The van der Waals surface area contributed by atoms with E-state index in [1.165, 1.54) is 0 Å². The zero-order valence-electron chi connectivity index (χ0n) is 11.9. The monoisotopic (exact) mass is 325 g/mol. The van der Waals surface area contributed by atoms with Crippen LogP contribution < -0.4 is 10.1 Å². The Morgan fingerprint density at radius 1 is 1.19 bits per heavy atom. The van der Waals surface area contributed by atoms with Gasteiger partial charge in [0.2, 0.25) is 0 Å². The number of halogens is 2. The fourth-order valence-electron chi connectivity index (χ4n) is 2.14. The topological polar surface area (TPSA) is 41.5 Å². The lowest BCUT2D eigenvalue weighted by Gasteiger charge is -2.31. The smallest absolute Gasteiger partial charge is 0.120 e. The van der Waals surface area contributed by atoms with Crippen molar-refractivity contribution in [1.29, 1.82) is 0 Å². The minimum absolute atomic E-state index is 0.135. The number of methoxy groups -OCH3 is 1. The second kappa shape index (κ2) is 6.56. The molecular formula is C16H17Cl2NO2. The fraction of sp³-hybridized carbons (Fsp3) is 0.250. The van der Waals surface area contributed by atoms with E-state index in [0.717, 1.165) is 17.0 Å². The summed E-state index contributed by atoms with van der Waals surface area (Å²) < 4.78 is 5.20. The third-order valence-electron chi connectivity index (χ3n) is 3.35. The summed E-state index contributed by atoms with van der Waals surface area (Å²) in [5.74, 6) is 0.734. The van der Waals surface area contributed by atoms with Crippen LogP contribution in [0.2, 0.25) is 10.0 Å². The molecule has 1 atom stereocenters. The van der Waals surface area contributed by atoms with Crippen LogP contribution in [0.1, 0.15) is 12.5 Å². The first-order chi connectivity index (χ1) is 10.00. The van der Waals surface area contributed by atoms with Gasteiger partial charge >= 0.3 is 0 Å². The van der Waals surface area contributed by atoms with Crippen molar-refractivity contribution < 1.29 is 9.84 Å². The number of anilines is 1. The normalized spacial score (nSPS) is 13.6. The number of aliphatic hydroxyl groups is 1. The maximum Gasteiger partial charge on any atom is 0.120 e. The highest BCUT2D eigenvalue weighted by Gasteiger charge is 2.29. The second-order valence-corrected chi connectivity index (χ2v) is 5.73. The van der Waals surface area contributed by atoms with E-state index in [1.807, 2.05) is 43.3 Å². The zero-order valence-corrected chi connectivity index (χ0v) is 13.4. The molecule has 1 unspecified atom stereocenters. The van der Waals surface area contributed by atoms with Gasteiger partial charge in [-0.15, -0.1) is 0 Å². The molecule has 3 nitrogen and oxygen atoms in total. The summed E-state index contributed by atoms with van der Waals surface area (Å²) in [4.78, 5) is 0. The van der Waals surface area contributed by atoms with E-state index in [4.69, 9.17) is 27.9 Å². The average Bonchev–Trinajstić information content (AvgIpc) is 2.50. The summed E-state index contributed by atoms with van der Waals surface area (Å²) >= 11 is 12.3. The van der Waals surface area contributed by atoms with Crippen molar-refractivity contribution in [2.75, 3.05) is 19.0 Å². The molecule has 0 fully saturated rings. The molecule has 0 saturated heterocycles. The number of nitrogens with one attached hydrogen (secondary N) is 1. The quantitative estimate of drug-likeness (QED) is 0.860. The molecular weight excluding hydrogens is 309 g/mol. The molecule has 0 aliphatic carbocycles. The third-order valence-corrected chi connectivity index (χ3v) is 4.17. The first-order valence-corrected chi connectivity index (χ1v) is 7.23. The van der Waals surface area contributed by atoms with Crippen LogP contribution in [0.3, 0.4) is 0 Å². The van der Waals surface area contributed by atoms with Crippen molar-refractivity contribution in [2.24, 2.45) is 0 Å². The van der Waals surface area contributed by atoms with Crippen molar-refractivity contribution in [3.63, 3.8) is 0 Å². The molecule has 21 heavy (non-hydrogen) atoms. The largest absolute Gasteiger partial charge is 0.497 e. The summed E-state index contributed by atoms with van der Waals surface area (Å²) in [5, 5.41) is 14.0. The molecule has 2 aromatic rings. The Labute approximate surface area is 134 Å². The van der Waals surface area contributed by atoms with E-state index in [9.17, 15) is 5.11 Å². The Balaban J connectivity index is 2.39. The van der Waals surface area contributed by atoms with E-state index >= 15 is 0 Å². The van der Waals surface area contributed by atoms with Crippen LogP contribution in [0.25, 0.3) is 0 Å².